The molecule has 0 aliphatic heterocycles. The van der Waals surface area contributed by atoms with Crippen LogP contribution in [-0.4, -0.2) is 18.7 Å². The van der Waals surface area contributed by atoms with Crippen LogP contribution >= 0.6 is 0 Å². The van der Waals surface area contributed by atoms with Gasteiger partial charge >= 0.3 is 5.97 Å². The number of esters is 1. The van der Waals surface area contributed by atoms with E-state index in [1.165, 1.54) is 0 Å². The van der Waals surface area contributed by atoms with Gasteiger partial charge in [-0.3, -0.25) is 4.79 Å². The summed E-state index contributed by atoms with van der Waals surface area (Å²) in [5.41, 5.74) is -0.810. The number of carbonyl (C=O) groups excluding carboxylic acids is 1. The Bertz CT molecular complexity index is 158. The zero-order valence-corrected chi connectivity index (χ0v) is 6.19. The first-order valence-corrected chi connectivity index (χ1v) is 3.42. The van der Waals surface area contributed by atoms with Gasteiger partial charge in [-0.25, -0.2) is 4.39 Å². The second kappa shape index (κ2) is 2.22. The maximum absolute atomic E-state index is 12.4. The van der Waals surface area contributed by atoms with Gasteiger partial charge in [-0.15, -0.1) is 0 Å². The summed E-state index contributed by atoms with van der Waals surface area (Å²) < 4.78 is 17.1. The number of hydrogen-bond donors (Lipinski definition) is 0. The number of hydrogen-bond acceptors (Lipinski definition) is 2. The van der Waals surface area contributed by atoms with E-state index in [1.54, 1.807) is 13.8 Å². The maximum atomic E-state index is 12.4. The van der Waals surface area contributed by atoms with E-state index >= 15 is 0 Å². The van der Waals surface area contributed by atoms with Gasteiger partial charge in [0, 0.05) is 0 Å². The molecule has 1 saturated carbocycles. The molecular weight excluding hydrogens is 135 g/mol. The molecule has 1 aliphatic carbocycles. The number of carbonyl (C=O) groups is 1. The smallest absolute Gasteiger partial charge is 0.314 e. The molecule has 0 spiro atoms. The van der Waals surface area contributed by atoms with E-state index in [9.17, 15) is 9.18 Å². The monoisotopic (exact) mass is 146 g/mol. The third kappa shape index (κ3) is 1.00. The first-order valence-electron chi connectivity index (χ1n) is 3.42. The lowest BCUT2D eigenvalue weighted by Gasteiger charge is -2.05. The van der Waals surface area contributed by atoms with E-state index in [0.29, 0.717) is 13.0 Å². The van der Waals surface area contributed by atoms with Gasteiger partial charge in [0.15, 0.2) is 0 Å². The molecule has 0 radical (unpaired) electrons. The fraction of sp³-hybridized carbons (Fsp3) is 0.857. The molecule has 3 heteroatoms. The summed E-state index contributed by atoms with van der Waals surface area (Å²) in [5.74, 6) is -0.400. The van der Waals surface area contributed by atoms with Crippen LogP contribution in [0, 0.1) is 5.41 Å². The first-order chi connectivity index (χ1) is 4.61. The highest BCUT2D eigenvalue weighted by atomic mass is 19.1. The Labute approximate surface area is 59.4 Å². The Morgan fingerprint density at radius 1 is 1.90 bits per heavy atom. The predicted octanol–water partition coefficient (Wildman–Crippen LogP) is 1.30. The molecule has 2 nitrogen and oxygen atoms in total. The summed E-state index contributed by atoms with van der Waals surface area (Å²) >= 11 is 0. The Morgan fingerprint density at radius 2 is 2.40 bits per heavy atom. The molecule has 0 N–H and O–H groups in total. The molecule has 0 heterocycles. The second-order valence-corrected chi connectivity index (χ2v) is 2.81. The van der Waals surface area contributed by atoms with Gasteiger partial charge in [-0.1, -0.05) is 0 Å². The molecule has 1 rings (SSSR count). The SMILES string of the molecule is CCOC(=O)[C@@]1(C)C[C@@H]1F. The minimum Gasteiger partial charge on any atom is -0.465 e. The van der Waals surface area contributed by atoms with E-state index in [4.69, 9.17) is 0 Å². The Hall–Kier alpha value is -0.600. The fourth-order valence-electron chi connectivity index (χ4n) is 0.821. The van der Waals surface area contributed by atoms with Crippen LogP contribution in [0.4, 0.5) is 4.39 Å². The van der Waals surface area contributed by atoms with Gasteiger partial charge in [-0.2, -0.15) is 0 Å². The molecule has 0 unspecified atom stereocenters. The Balaban J connectivity index is 2.43. The summed E-state index contributed by atoms with van der Waals surface area (Å²) in [6.07, 6.45) is -0.655. The van der Waals surface area contributed by atoms with Crippen LogP contribution in [0.15, 0.2) is 0 Å². The fourth-order valence-corrected chi connectivity index (χ4v) is 0.821. The Morgan fingerprint density at radius 3 is 2.70 bits per heavy atom. The predicted molar refractivity (Wildman–Crippen MR) is 34.3 cm³/mol. The molecule has 1 fully saturated rings. The van der Waals surface area contributed by atoms with Crippen molar-refractivity contribution < 1.29 is 13.9 Å². The topological polar surface area (TPSA) is 26.3 Å². The van der Waals surface area contributed by atoms with Crippen molar-refractivity contribution in [3.63, 3.8) is 0 Å². The molecule has 58 valence electrons. The molecule has 10 heavy (non-hydrogen) atoms. The zero-order valence-electron chi connectivity index (χ0n) is 6.19. The van der Waals surface area contributed by atoms with Gasteiger partial charge in [0.05, 0.1) is 12.0 Å². The molecule has 1 aliphatic rings. The van der Waals surface area contributed by atoms with Crippen LogP contribution in [0.2, 0.25) is 0 Å². The van der Waals surface area contributed by atoms with Crippen molar-refractivity contribution in [1.29, 1.82) is 0 Å². The van der Waals surface area contributed by atoms with Crippen molar-refractivity contribution >= 4 is 5.97 Å². The zero-order chi connectivity index (χ0) is 7.78. The number of rotatable bonds is 2. The number of alkyl halides is 1. The Kier molecular flexibility index (Phi) is 1.67. The van der Waals surface area contributed by atoms with Crippen LogP contribution < -0.4 is 0 Å². The lowest BCUT2D eigenvalue weighted by molar-refractivity contribution is -0.149. The molecule has 0 aromatic rings. The molecule has 2 atom stereocenters. The minimum absolute atomic E-state index is 0.325. The van der Waals surface area contributed by atoms with Crippen molar-refractivity contribution in [2.75, 3.05) is 6.61 Å². The van der Waals surface area contributed by atoms with Gasteiger partial charge in [0.2, 0.25) is 0 Å². The third-order valence-corrected chi connectivity index (χ3v) is 1.88. The molecular formula is C7H11FO2. The number of halogens is 1. The standard InChI is InChI=1S/C7H11FO2/c1-3-10-6(9)7(2)4-5(7)8/h5H,3-4H2,1-2H3/t5-,7-/m0/s1. The van der Waals surface area contributed by atoms with Crippen molar-refractivity contribution in [1.82, 2.24) is 0 Å². The second-order valence-electron chi connectivity index (χ2n) is 2.81. The molecule has 0 amide bonds. The lowest BCUT2D eigenvalue weighted by atomic mass is 10.1. The van der Waals surface area contributed by atoms with E-state index in [2.05, 4.69) is 4.74 Å². The molecule has 0 bridgehead atoms. The van der Waals surface area contributed by atoms with Gasteiger partial charge in [0.25, 0.3) is 0 Å². The summed E-state index contributed by atoms with van der Waals surface area (Å²) in [7, 11) is 0. The van der Waals surface area contributed by atoms with Crippen molar-refractivity contribution in [3.05, 3.63) is 0 Å². The van der Waals surface area contributed by atoms with Gasteiger partial charge < -0.3 is 4.74 Å². The van der Waals surface area contributed by atoms with Crippen LogP contribution in [0.3, 0.4) is 0 Å². The average Bonchev–Trinajstić information content (AvgIpc) is 2.43. The highest BCUT2D eigenvalue weighted by molar-refractivity contribution is 5.80. The van der Waals surface area contributed by atoms with Crippen molar-refractivity contribution in [3.8, 4) is 0 Å². The van der Waals surface area contributed by atoms with Crippen LogP contribution in [0.1, 0.15) is 20.3 Å². The minimum atomic E-state index is -0.980. The number of ether oxygens (including phenoxy) is 1. The highest BCUT2D eigenvalue weighted by Gasteiger charge is 2.58. The van der Waals surface area contributed by atoms with Gasteiger partial charge in [-0.05, 0) is 20.3 Å². The normalized spacial score (nSPS) is 37.3. The molecule has 0 aromatic carbocycles. The van der Waals surface area contributed by atoms with E-state index in [1.807, 2.05) is 0 Å². The van der Waals surface area contributed by atoms with E-state index in [0.717, 1.165) is 0 Å². The third-order valence-electron chi connectivity index (χ3n) is 1.88. The van der Waals surface area contributed by atoms with Crippen LogP contribution in [-0.2, 0) is 9.53 Å². The van der Waals surface area contributed by atoms with Crippen molar-refractivity contribution in [2.45, 2.75) is 26.4 Å². The van der Waals surface area contributed by atoms with Crippen LogP contribution in [0.5, 0.6) is 0 Å². The van der Waals surface area contributed by atoms with Crippen molar-refractivity contribution in [2.24, 2.45) is 5.41 Å². The summed E-state index contributed by atoms with van der Waals surface area (Å²) in [5, 5.41) is 0. The maximum Gasteiger partial charge on any atom is 0.314 e. The summed E-state index contributed by atoms with van der Waals surface area (Å²) in [4.78, 5) is 10.9. The summed E-state index contributed by atoms with van der Waals surface area (Å²) in [6, 6.07) is 0. The van der Waals surface area contributed by atoms with Crippen LogP contribution in [0.25, 0.3) is 0 Å². The van der Waals surface area contributed by atoms with Gasteiger partial charge in [0.1, 0.15) is 6.17 Å². The van der Waals surface area contributed by atoms with E-state index < -0.39 is 17.6 Å². The first kappa shape index (κ1) is 7.51. The lowest BCUT2D eigenvalue weighted by Crippen LogP contribution is -2.18. The van der Waals surface area contributed by atoms with E-state index in [-0.39, 0.29) is 0 Å². The largest absolute Gasteiger partial charge is 0.465 e. The quantitative estimate of drug-likeness (QED) is 0.549. The molecule has 0 saturated heterocycles. The molecule has 0 aromatic heterocycles. The average molecular weight is 146 g/mol. The highest BCUT2D eigenvalue weighted by Crippen LogP contribution is 2.48. The summed E-state index contributed by atoms with van der Waals surface area (Å²) in [6.45, 7) is 3.65.